The van der Waals surface area contributed by atoms with Crippen molar-refractivity contribution in [1.29, 1.82) is 0 Å². The van der Waals surface area contributed by atoms with E-state index in [1.54, 1.807) is 36.8 Å². The number of aromatic nitrogens is 4. The van der Waals surface area contributed by atoms with Gasteiger partial charge in [-0.05, 0) is 55.8 Å². The van der Waals surface area contributed by atoms with E-state index in [-0.39, 0.29) is 16.9 Å². The maximum absolute atomic E-state index is 11.1. The van der Waals surface area contributed by atoms with E-state index in [2.05, 4.69) is 19.9 Å². The Balaban J connectivity index is 0.000000124. The molecule has 0 aliphatic heterocycles. The Hall–Kier alpha value is -4.78. The van der Waals surface area contributed by atoms with E-state index in [1.165, 1.54) is 6.07 Å². The molecule has 0 amide bonds. The number of rotatable bonds is 0. The Bertz CT molecular complexity index is 1620. The lowest BCUT2D eigenvalue weighted by Crippen LogP contribution is -2.01. The van der Waals surface area contributed by atoms with Crippen LogP contribution in [0.3, 0.4) is 0 Å². The average molecular weight is 465 g/mol. The van der Waals surface area contributed by atoms with Gasteiger partial charge in [-0.3, -0.25) is 14.8 Å². The summed E-state index contributed by atoms with van der Waals surface area (Å²) >= 11 is 0. The highest BCUT2D eigenvalue weighted by Crippen LogP contribution is 2.24. The Morgan fingerprint density at radius 3 is 2.23 bits per heavy atom. The first-order valence-corrected chi connectivity index (χ1v) is 10.9. The monoisotopic (exact) mass is 464 g/mol. The van der Waals surface area contributed by atoms with Crippen LogP contribution in [-0.4, -0.2) is 30.1 Å². The molecule has 0 aliphatic carbocycles. The third-order valence-electron chi connectivity index (χ3n) is 5.32. The number of nitrogens with zero attached hydrogens (tertiary/aromatic N) is 3. The van der Waals surface area contributed by atoms with Gasteiger partial charge in [-0.15, -0.1) is 0 Å². The van der Waals surface area contributed by atoms with Crippen LogP contribution in [0.4, 0.5) is 0 Å². The molecule has 0 spiro atoms. The number of pyridine rings is 4. The zero-order chi connectivity index (χ0) is 24.8. The molecule has 0 bridgehead atoms. The SMILES string of the molecule is Cc1ccc2cccc(O)c2n1.Cc1ccnc2c(O)cccc12.O=c1cc[nH]c2cccnc12. The largest absolute Gasteiger partial charge is 0.506 e. The van der Waals surface area contributed by atoms with Crippen molar-refractivity contribution < 1.29 is 10.2 Å². The molecule has 2 aromatic carbocycles. The summed E-state index contributed by atoms with van der Waals surface area (Å²) < 4.78 is 0. The highest BCUT2D eigenvalue weighted by molar-refractivity contribution is 5.86. The number of nitrogens with one attached hydrogen (secondary N) is 1. The average Bonchev–Trinajstić information content (AvgIpc) is 2.87. The number of fused-ring (bicyclic) bond motifs is 3. The lowest BCUT2D eigenvalue weighted by molar-refractivity contribution is 0.480. The summed E-state index contributed by atoms with van der Waals surface area (Å²) in [6.07, 6.45) is 4.93. The highest BCUT2D eigenvalue weighted by atomic mass is 16.3. The van der Waals surface area contributed by atoms with Crippen molar-refractivity contribution in [3.8, 4) is 11.5 Å². The van der Waals surface area contributed by atoms with Crippen molar-refractivity contribution in [2.45, 2.75) is 13.8 Å². The van der Waals surface area contributed by atoms with Crippen LogP contribution in [0.15, 0.2) is 96.2 Å². The molecule has 6 aromatic rings. The molecule has 0 saturated carbocycles. The molecule has 3 N–H and O–H groups in total. The molecule has 6 rings (SSSR count). The molecule has 0 radical (unpaired) electrons. The number of benzene rings is 2. The van der Waals surface area contributed by atoms with Crippen LogP contribution in [0, 0.1) is 13.8 Å². The standard InChI is InChI=1S/2C10H9NO.C8H6N2O/c1-7-5-6-11-10-8(7)3-2-4-9(10)12;1-7-5-6-8-3-2-4-9(12)10(8)11-7;11-7-3-5-9-6-2-1-4-10-8(6)7/h2*2-6,12H,1H3;1-5H,(H,9,11). The Morgan fingerprint density at radius 1 is 0.714 bits per heavy atom. The number of hydrogen-bond donors (Lipinski definition) is 3. The third-order valence-corrected chi connectivity index (χ3v) is 5.32. The van der Waals surface area contributed by atoms with Gasteiger partial charge in [0.25, 0.3) is 0 Å². The van der Waals surface area contributed by atoms with Crippen molar-refractivity contribution in [2.75, 3.05) is 0 Å². The fraction of sp³-hybridized carbons (Fsp3) is 0.0714. The van der Waals surface area contributed by atoms with Gasteiger partial charge in [-0.2, -0.15) is 0 Å². The van der Waals surface area contributed by atoms with Gasteiger partial charge < -0.3 is 15.2 Å². The summed E-state index contributed by atoms with van der Waals surface area (Å²) in [5, 5.41) is 20.9. The van der Waals surface area contributed by atoms with E-state index in [0.29, 0.717) is 16.6 Å². The van der Waals surface area contributed by atoms with E-state index in [4.69, 9.17) is 0 Å². The van der Waals surface area contributed by atoms with Crippen LogP contribution in [0.1, 0.15) is 11.3 Å². The Labute approximate surface area is 201 Å². The van der Waals surface area contributed by atoms with E-state index < -0.39 is 0 Å². The molecule has 7 nitrogen and oxygen atoms in total. The molecule has 0 saturated heterocycles. The predicted molar refractivity (Wildman–Crippen MR) is 139 cm³/mol. The summed E-state index contributed by atoms with van der Waals surface area (Å²) in [4.78, 5) is 26.3. The molecule has 4 heterocycles. The number of phenols is 2. The van der Waals surface area contributed by atoms with Crippen molar-refractivity contribution >= 4 is 32.8 Å². The van der Waals surface area contributed by atoms with Gasteiger partial charge in [0.2, 0.25) is 5.43 Å². The van der Waals surface area contributed by atoms with Crippen LogP contribution in [-0.2, 0) is 0 Å². The molecular weight excluding hydrogens is 440 g/mol. The Morgan fingerprint density at radius 2 is 1.46 bits per heavy atom. The third kappa shape index (κ3) is 5.42. The predicted octanol–water partition coefficient (Wildman–Crippen LogP) is 5.42. The van der Waals surface area contributed by atoms with Gasteiger partial charge in [-0.25, -0.2) is 4.98 Å². The van der Waals surface area contributed by atoms with Gasteiger partial charge in [0.15, 0.2) is 0 Å². The first-order valence-electron chi connectivity index (χ1n) is 10.9. The second-order valence-corrected chi connectivity index (χ2v) is 7.84. The van der Waals surface area contributed by atoms with Gasteiger partial charge in [0.05, 0.1) is 5.52 Å². The van der Waals surface area contributed by atoms with Crippen LogP contribution in [0.5, 0.6) is 11.5 Å². The number of para-hydroxylation sites is 2. The summed E-state index contributed by atoms with van der Waals surface area (Å²) in [6, 6.07) is 21.7. The van der Waals surface area contributed by atoms with Crippen molar-refractivity contribution in [2.24, 2.45) is 0 Å². The smallest absolute Gasteiger partial charge is 0.207 e. The number of aryl methyl sites for hydroxylation is 2. The zero-order valence-corrected chi connectivity index (χ0v) is 19.3. The summed E-state index contributed by atoms with van der Waals surface area (Å²) in [5.74, 6) is 0.493. The highest BCUT2D eigenvalue weighted by Gasteiger charge is 2.01. The van der Waals surface area contributed by atoms with E-state index in [0.717, 1.165) is 27.5 Å². The Kier molecular flexibility index (Phi) is 6.97. The quantitative estimate of drug-likeness (QED) is 0.277. The molecular formula is C28H24N4O3. The lowest BCUT2D eigenvalue weighted by Gasteiger charge is -2.01. The molecule has 0 unspecified atom stereocenters. The maximum atomic E-state index is 11.1. The van der Waals surface area contributed by atoms with Crippen molar-refractivity contribution in [3.05, 3.63) is 113 Å². The maximum Gasteiger partial charge on any atom is 0.207 e. The van der Waals surface area contributed by atoms with Crippen molar-refractivity contribution in [1.82, 2.24) is 19.9 Å². The minimum absolute atomic E-state index is 0.0423. The number of phenolic OH excluding ortho intramolecular Hbond substituents is 2. The molecule has 0 fully saturated rings. The van der Waals surface area contributed by atoms with Gasteiger partial charge in [0, 0.05) is 41.1 Å². The van der Waals surface area contributed by atoms with Crippen LogP contribution in [0.2, 0.25) is 0 Å². The normalized spacial score (nSPS) is 10.3. The van der Waals surface area contributed by atoms with Crippen LogP contribution >= 0.6 is 0 Å². The van der Waals surface area contributed by atoms with E-state index >= 15 is 0 Å². The number of aromatic amines is 1. The molecule has 35 heavy (non-hydrogen) atoms. The van der Waals surface area contributed by atoms with Gasteiger partial charge in [0.1, 0.15) is 28.0 Å². The summed E-state index contributed by atoms with van der Waals surface area (Å²) in [5.41, 5.74) is 4.64. The number of aromatic hydroxyl groups is 2. The fourth-order valence-electron chi connectivity index (χ4n) is 3.53. The molecule has 7 heteroatoms. The zero-order valence-electron chi connectivity index (χ0n) is 19.3. The van der Waals surface area contributed by atoms with E-state index in [1.807, 2.05) is 62.4 Å². The van der Waals surface area contributed by atoms with Crippen LogP contribution in [0.25, 0.3) is 32.8 Å². The topological polar surface area (TPSA) is 112 Å². The molecule has 0 aliphatic rings. The molecule has 0 atom stereocenters. The minimum atomic E-state index is -0.0423. The molecule has 174 valence electrons. The van der Waals surface area contributed by atoms with Gasteiger partial charge >= 0.3 is 0 Å². The van der Waals surface area contributed by atoms with Crippen molar-refractivity contribution in [3.63, 3.8) is 0 Å². The fourth-order valence-corrected chi connectivity index (χ4v) is 3.53. The summed E-state index contributed by atoms with van der Waals surface area (Å²) in [6.45, 7) is 3.91. The second kappa shape index (κ2) is 10.4. The molecule has 4 aromatic heterocycles. The summed E-state index contributed by atoms with van der Waals surface area (Å²) in [7, 11) is 0. The van der Waals surface area contributed by atoms with Crippen LogP contribution < -0.4 is 5.43 Å². The first kappa shape index (κ1) is 23.4. The van der Waals surface area contributed by atoms with Gasteiger partial charge in [-0.1, -0.05) is 30.3 Å². The number of H-pyrrole nitrogens is 1. The second-order valence-electron chi connectivity index (χ2n) is 7.84. The minimum Gasteiger partial charge on any atom is -0.506 e. The number of hydrogen-bond acceptors (Lipinski definition) is 6. The first-order chi connectivity index (χ1) is 16.9. The van der Waals surface area contributed by atoms with E-state index in [9.17, 15) is 15.0 Å². The lowest BCUT2D eigenvalue weighted by atomic mass is 10.1.